The number of nitrogens with zero attached hydrogens (tertiary/aromatic N) is 1. The molecule has 1 unspecified atom stereocenters. The predicted octanol–water partition coefficient (Wildman–Crippen LogP) is 11.0. The molecule has 5 rings (SSSR count). The van der Waals surface area contributed by atoms with Crippen molar-refractivity contribution < 1.29 is 19.9 Å². The summed E-state index contributed by atoms with van der Waals surface area (Å²) >= 11 is -0.346. The number of halogens is 2. The summed E-state index contributed by atoms with van der Waals surface area (Å²) in [4.78, 5) is 2.65. The molecule has 1 fully saturated rings. The molecule has 41 heavy (non-hydrogen) atoms. The Morgan fingerprint density at radius 3 is 1.98 bits per heavy atom. The summed E-state index contributed by atoms with van der Waals surface area (Å²) in [6, 6.07) is 23.8. The van der Waals surface area contributed by atoms with Gasteiger partial charge in [-0.1, -0.05) is 94.3 Å². The summed E-state index contributed by atoms with van der Waals surface area (Å²) in [6.45, 7) is 24.6. The van der Waals surface area contributed by atoms with Gasteiger partial charge in [-0.15, -0.1) is 11.5 Å². The van der Waals surface area contributed by atoms with E-state index in [4.69, 9.17) is 24.1 Å². The van der Waals surface area contributed by atoms with Crippen LogP contribution in [0.5, 0.6) is 5.75 Å². The van der Waals surface area contributed by atoms with Gasteiger partial charge >= 0.3 is 34.5 Å². The second-order valence-corrected chi connectivity index (χ2v) is 15.4. The van der Waals surface area contributed by atoms with Crippen molar-refractivity contribution in [3.63, 3.8) is 0 Å². The number of rotatable bonds is 5. The zero-order valence-corrected chi connectivity index (χ0v) is 29.2. The molecule has 3 aromatic carbocycles. The Kier molecular flexibility index (Phi) is 12.1. The van der Waals surface area contributed by atoms with Gasteiger partial charge in [0.05, 0.1) is 6.10 Å². The number of anilines is 1. The van der Waals surface area contributed by atoms with Crippen molar-refractivity contribution in [3.05, 3.63) is 108 Å². The van der Waals surface area contributed by atoms with Gasteiger partial charge < -0.3 is 9.64 Å². The van der Waals surface area contributed by atoms with Crippen molar-refractivity contribution in [1.29, 1.82) is 0 Å². The molecule has 1 saturated heterocycles. The molecule has 1 spiro atoms. The summed E-state index contributed by atoms with van der Waals surface area (Å²) in [5.74, 6) is 1.92. The van der Waals surface area contributed by atoms with Gasteiger partial charge in [-0.3, -0.25) is 0 Å². The molecule has 224 valence electrons. The SMILES string of the molecule is CC(C)c1cccc(C(C)C)c1N1[CH-]C2(CCc3ccccc32)CC1(C)C.[CH2-]c1ccccc1OC(C)C.[Cl][Ru+2][Cl]. The van der Waals surface area contributed by atoms with Gasteiger partial charge in [0.25, 0.3) is 0 Å². The molecule has 1 aliphatic carbocycles. The van der Waals surface area contributed by atoms with E-state index in [0.29, 0.717) is 11.8 Å². The quantitative estimate of drug-likeness (QED) is 0.196. The van der Waals surface area contributed by atoms with Gasteiger partial charge in [-0.05, 0) is 69.1 Å². The third kappa shape index (κ3) is 8.04. The summed E-state index contributed by atoms with van der Waals surface area (Å²) < 4.78 is 5.48. The Hall–Kier alpha value is -1.67. The molecule has 0 aromatic heterocycles. The van der Waals surface area contributed by atoms with E-state index in [1.807, 2.05) is 38.1 Å². The van der Waals surface area contributed by atoms with E-state index in [2.05, 4.69) is 102 Å². The van der Waals surface area contributed by atoms with Crippen molar-refractivity contribution in [2.24, 2.45) is 0 Å². The van der Waals surface area contributed by atoms with Crippen molar-refractivity contribution in [2.75, 3.05) is 4.90 Å². The van der Waals surface area contributed by atoms with E-state index in [9.17, 15) is 0 Å². The average molecular weight is 682 g/mol. The molecule has 3 aromatic rings. The first-order chi connectivity index (χ1) is 19.4. The maximum absolute atomic E-state index is 5.48. The first-order valence-electron chi connectivity index (χ1n) is 14.7. The molecule has 0 amide bonds. The van der Waals surface area contributed by atoms with E-state index < -0.39 is 0 Å². The Labute approximate surface area is 265 Å². The van der Waals surface area contributed by atoms with E-state index in [0.717, 1.165) is 11.3 Å². The number of hydrogen-bond acceptors (Lipinski definition) is 2. The van der Waals surface area contributed by atoms with Crippen LogP contribution in [-0.4, -0.2) is 11.6 Å². The zero-order chi connectivity index (χ0) is 30.4. The molecule has 2 nitrogen and oxygen atoms in total. The summed E-state index contributed by atoms with van der Waals surface area (Å²) in [5.41, 5.74) is 8.80. The number of fused-ring (bicyclic) bond motifs is 2. The normalized spacial score (nSPS) is 18.7. The Balaban J connectivity index is 0.000000275. The molecule has 1 atom stereocenters. The van der Waals surface area contributed by atoms with Gasteiger partial charge in [0.1, 0.15) is 0 Å². The number of ether oxygens (including phenoxy) is 1. The van der Waals surface area contributed by atoms with Crippen molar-refractivity contribution in [2.45, 2.75) is 104 Å². The van der Waals surface area contributed by atoms with Crippen LogP contribution in [0.1, 0.15) is 108 Å². The molecule has 0 radical (unpaired) electrons. The fourth-order valence-corrected chi connectivity index (χ4v) is 6.39. The second kappa shape index (κ2) is 14.7. The van der Waals surface area contributed by atoms with Crippen LogP contribution in [0.15, 0.2) is 66.7 Å². The monoisotopic (exact) mass is 681 g/mol. The third-order valence-electron chi connectivity index (χ3n) is 8.09. The predicted molar refractivity (Wildman–Crippen MR) is 175 cm³/mol. The van der Waals surface area contributed by atoms with Crippen LogP contribution in [0.4, 0.5) is 5.69 Å². The van der Waals surface area contributed by atoms with Gasteiger partial charge in [0.15, 0.2) is 0 Å². The van der Waals surface area contributed by atoms with Crippen LogP contribution in [0.25, 0.3) is 0 Å². The van der Waals surface area contributed by atoms with Gasteiger partial charge in [0.2, 0.25) is 0 Å². The second-order valence-electron chi connectivity index (χ2n) is 12.7. The molecule has 0 N–H and O–H groups in total. The van der Waals surface area contributed by atoms with E-state index in [1.54, 1.807) is 11.1 Å². The number of aryl methyl sites for hydroxylation is 1. The zero-order valence-electron chi connectivity index (χ0n) is 26.0. The summed E-state index contributed by atoms with van der Waals surface area (Å²) in [7, 11) is 9.71. The fourth-order valence-electron chi connectivity index (χ4n) is 6.39. The molecule has 5 heteroatoms. The molecular weight excluding hydrogens is 634 g/mol. The standard InChI is InChI=1S/C26H34N.C10H13O.2ClH.Ru/c1-18(2)21-11-9-12-22(19(3)4)24(21)27-17-26(16-25(27,5)6)15-14-20-10-7-8-13-23(20)26;1-8(2)11-10-7-5-4-6-9(10)3;;;/h7-13,17-19H,14-16H2,1-6H3;4-8H,3H2,1-2H3;2*1H;/q2*-1;;;+4/p-2. The fraction of sp³-hybridized carbons (Fsp3) is 0.444. The molecule has 1 heterocycles. The maximum atomic E-state index is 5.48. The van der Waals surface area contributed by atoms with Crippen LogP contribution in [0.3, 0.4) is 0 Å². The van der Waals surface area contributed by atoms with Gasteiger partial charge in [-0.2, -0.15) is 18.6 Å². The van der Waals surface area contributed by atoms with Crippen LogP contribution in [-0.2, 0) is 27.0 Å². The average Bonchev–Trinajstić information content (AvgIpc) is 3.40. The molecular formula is C36H47Cl2NORu. The summed E-state index contributed by atoms with van der Waals surface area (Å²) in [6.07, 6.45) is 3.87. The van der Waals surface area contributed by atoms with Crippen molar-refractivity contribution in [1.82, 2.24) is 0 Å². The number of benzene rings is 3. The molecule has 0 bridgehead atoms. The van der Waals surface area contributed by atoms with Crippen LogP contribution in [0, 0.1) is 13.5 Å². The first-order valence-corrected chi connectivity index (χ1v) is 19.1. The van der Waals surface area contributed by atoms with Crippen LogP contribution >= 0.6 is 19.4 Å². The van der Waals surface area contributed by atoms with E-state index in [-0.39, 0.29) is 32.2 Å². The minimum absolute atomic E-state index is 0.117. The number of para-hydroxylation sites is 2. The van der Waals surface area contributed by atoms with Crippen LogP contribution in [0.2, 0.25) is 0 Å². The van der Waals surface area contributed by atoms with Gasteiger partial charge in [0, 0.05) is 17.0 Å². The first kappa shape index (κ1) is 33.8. The van der Waals surface area contributed by atoms with E-state index >= 15 is 0 Å². The number of hydrogen-bond donors (Lipinski definition) is 0. The minimum atomic E-state index is -0.346. The van der Waals surface area contributed by atoms with Crippen molar-refractivity contribution >= 4 is 25.1 Å². The molecule has 2 aliphatic rings. The third-order valence-corrected chi connectivity index (χ3v) is 8.09. The van der Waals surface area contributed by atoms with E-state index in [1.165, 1.54) is 36.1 Å². The Morgan fingerprint density at radius 1 is 0.854 bits per heavy atom. The van der Waals surface area contributed by atoms with Crippen molar-refractivity contribution in [3.8, 4) is 5.75 Å². The van der Waals surface area contributed by atoms with Crippen LogP contribution < -0.4 is 9.64 Å². The molecule has 0 saturated carbocycles. The Bertz CT molecular complexity index is 1250. The van der Waals surface area contributed by atoms with Gasteiger partial charge in [-0.25, -0.2) is 6.54 Å². The molecule has 1 aliphatic heterocycles. The topological polar surface area (TPSA) is 12.5 Å². The summed E-state index contributed by atoms with van der Waals surface area (Å²) in [5, 5.41) is 0. The Morgan fingerprint density at radius 2 is 1.41 bits per heavy atom.